The molecule has 1 heterocycles. The first-order valence-electron chi connectivity index (χ1n) is 7.45. The van der Waals surface area contributed by atoms with E-state index >= 15 is 0 Å². The van der Waals surface area contributed by atoms with Crippen molar-refractivity contribution < 1.29 is 10.0 Å². The van der Waals surface area contributed by atoms with E-state index in [1.807, 2.05) is 19.0 Å². The normalized spacial score (nSPS) is 27.1. The largest absolute Gasteiger partial charge is 0.409 e. The highest BCUT2D eigenvalue weighted by atomic mass is 16.4. The minimum Gasteiger partial charge on any atom is -0.409 e. The monoisotopic (exact) mass is 282 g/mol. The molecule has 3 N–H and O–H groups in total. The molecule has 2 aliphatic rings. The summed E-state index contributed by atoms with van der Waals surface area (Å²) in [5.74, 6) is 0.142. The summed E-state index contributed by atoms with van der Waals surface area (Å²) < 4.78 is 0. The summed E-state index contributed by atoms with van der Waals surface area (Å²) in [6.07, 6.45) is 5.46. The number of hydrogen-bond acceptors (Lipinski definition) is 4. The summed E-state index contributed by atoms with van der Waals surface area (Å²) >= 11 is 0. The van der Waals surface area contributed by atoms with Gasteiger partial charge in [-0.2, -0.15) is 0 Å². The van der Waals surface area contributed by atoms with Crippen LogP contribution in [0.3, 0.4) is 0 Å². The van der Waals surface area contributed by atoms with Crippen LogP contribution in [0, 0.1) is 5.41 Å². The predicted octanol–water partition coefficient (Wildman–Crippen LogP) is 0.846. The number of oxime groups is 1. The molecular weight excluding hydrogens is 256 g/mol. The van der Waals surface area contributed by atoms with Gasteiger partial charge >= 0.3 is 0 Å². The van der Waals surface area contributed by atoms with Crippen LogP contribution in [0.1, 0.15) is 38.5 Å². The summed E-state index contributed by atoms with van der Waals surface area (Å²) in [5, 5.41) is 12.2. The molecule has 0 bridgehead atoms. The topological polar surface area (TPSA) is 82.2 Å². The molecule has 114 valence electrons. The van der Waals surface area contributed by atoms with E-state index in [0.29, 0.717) is 18.9 Å². The first-order chi connectivity index (χ1) is 9.51. The average Bonchev–Trinajstić information content (AvgIpc) is 2.96. The smallest absolute Gasteiger partial charge is 0.236 e. The Labute approximate surface area is 120 Å². The highest BCUT2D eigenvalue weighted by molar-refractivity contribution is 6.07. The lowest BCUT2D eigenvalue weighted by Gasteiger charge is -2.40. The van der Waals surface area contributed by atoms with Gasteiger partial charge in [0.15, 0.2) is 5.84 Å². The lowest BCUT2D eigenvalue weighted by Crippen LogP contribution is -2.55. The molecule has 20 heavy (non-hydrogen) atoms. The maximum absolute atomic E-state index is 12.9. The molecule has 1 aliphatic heterocycles. The fourth-order valence-corrected chi connectivity index (χ4v) is 3.52. The number of hydrogen-bond donors (Lipinski definition) is 2. The van der Waals surface area contributed by atoms with Crippen molar-refractivity contribution in [2.24, 2.45) is 16.3 Å². The second-order valence-corrected chi connectivity index (χ2v) is 6.29. The van der Waals surface area contributed by atoms with Crippen LogP contribution in [0.2, 0.25) is 0 Å². The van der Waals surface area contributed by atoms with Gasteiger partial charge in [0.1, 0.15) is 5.41 Å². The van der Waals surface area contributed by atoms with Gasteiger partial charge < -0.3 is 20.7 Å². The van der Waals surface area contributed by atoms with E-state index in [2.05, 4.69) is 10.1 Å². The summed E-state index contributed by atoms with van der Waals surface area (Å²) in [5.41, 5.74) is 5.10. The fourth-order valence-electron chi connectivity index (χ4n) is 3.52. The predicted molar refractivity (Wildman–Crippen MR) is 77.6 cm³/mol. The molecule has 1 aliphatic carbocycles. The molecule has 2 fully saturated rings. The molecule has 1 atom stereocenters. The van der Waals surface area contributed by atoms with Crippen molar-refractivity contribution >= 4 is 11.7 Å². The molecule has 1 saturated heterocycles. The summed E-state index contributed by atoms with van der Waals surface area (Å²) in [6.45, 7) is 1.52. The highest BCUT2D eigenvalue weighted by Crippen LogP contribution is 2.40. The number of piperidine rings is 1. The van der Waals surface area contributed by atoms with Gasteiger partial charge in [-0.25, -0.2) is 0 Å². The highest BCUT2D eigenvalue weighted by Gasteiger charge is 2.48. The maximum atomic E-state index is 12.9. The third-order valence-electron chi connectivity index (χ3n) is 4.88. The minimum atomic E-state index is -0.761. The van der Waals surface area contributed by atoms with Crippen molar-refractivity contribution in [2.75, 3.05) is 27.2 Å². The number of rotatable bonds is 3. The summed E-state index contributed by atoms with van der Waals surface area (Å²) in [4.78, 5) is 17.0. The quantitative estimate of drug-likeness (QED) is 0.348. The zero-order valence-electron chi connectivity index (χ0n) is 12.5. The molecule has 0 spiro atoms. The molecule has 0 aromatic heterocycles. The maximum Gasteiger partial charge on any atom is 0.236 e. The van der Waals surface area contributed by atoms with Gasteiger partial charge in [-0.1, -0.05) is 18.0 Å². The molecule has 0 aromatic carbocycles. The molecular formula is C14H26N4O2. The van der Waals surface area contributed by atoms with Gasteiger partial charge in [0, 0.05) is 19.1 Å². The van der Waals surface area contributed by atoms with Gasteiger partial charge in [-0.05, 0) is 39.8 Å². The van der Waals surface area contributed by atoms with E-state index in [4.69, 9.17) is 10.9 Å². The van der Waals surface area contributed by atoms with E-state index in [-0.39, 0.29) is 11.7 Å². The molecule has 0 radical (unpaired) electrons. The van der Waals surface area contributed by atoms with Gasteiger partial charge in [0.2, 0.25) is 5.91 Å². The lowest BCUT2D eigenvalue weighted by atomic mass is 9.82. The number of carbonyl (C=O) groups is 1. The Hall–Kier alpha value is -1.30. The second kappa shape index (κ2) is 5.99. The first-order valence-corrected chi connectivity index (χ1v) is 7.45. The SMILES string of the molecule is CN(C)C1CCCN(C(=O)C2(C(N)=NO)CCCC2)C1. The number of amides is 1. The lowest BCUT2D eigenvalue weighted by molar-refractivity contribution is -0.140. The minimum absolute atomic E-state index is 0.0526. The standard InChI is InChI=1S/C14H26N4O2/c1-17(2)11-6-5-9-18(10-11)13(19)14(12(15)16-20)7-3-4-8-14/h11,20H,3-10H2,1-2H3,(H2,15,16). The Morgan fingerprint density at radius 2 is 2.00 bits per heavy atom. The number of nitrogens with two attached hydrogens (primary N) is 1. The molecule has 1 saturated carbocycles. The number of amidine groups is 1. The molecule has 1 amide bonds. The molecule has 0 aromatic rings. The van der Waals surface area contributed by atoms with Crippen LogP contribution in [0.4, 0.5) is 0 Å². The Morgan fingerprint density at radius 1 is 1.35 bits per heavy atom. The van der Waals surface area contributed by atoms with Crippen molar-refractivity contribution in [1.82, 2.24) is 9.80 Å². The summed E-state index contributed by atoms with van der Waals surface area (Å²) in [6, 6.07) is 0.401. The van der Waals surface area contributed by atoms with Crippen LogP contribution in [-0.4, -0.2) is 60.0 Å². The van der Waals surface area contributed by atoms with Gasteiger partial charge in [0.25, 0.3) is 0 Å². The van der Waals surface area contributed by atoms with Gasteiger partial charge in [-0.3, -0.25) is 4.79 Å². The Balaban J connectivity index is 2.16. The van der Waals surface area contributed by atoms with E-state index in [1.54, 1.807) is 0 Å². The Bertz CT molecular complexity index is 389. The van der Waals surface area contributed by atoms with Crippen LogP contribution >= 0.6 is 0 Å². The first kappa shape index (κ1) is 15.1. The van der Waals surface area contributed by atoms with Crippen LogP contribution in [0.15, 0.2) is 5.16 Å². The average molecular weight is 282 g/mol. The summed E-state index contributed by atoms with van der Waals surface area (Å²) in [7, 11) is 4.10. The van der Waals surface area contributed by atoms with E-state index in [9.17, 15) is 4.79 Å². The van der Waals surface area contributed by atoms with Crippen molar-refractivity contribution in [3.63, 3.8) is 0 Å². The van der Waals surface area contributed by atoms with Crippen LogP contribution < -0.4 is 5.73 Å². The number of carbonyl (C=O) groups excluding carboxylic acids is 1. The van der Waals surface area contributed by atoms with Gasteiger partial charge in [0.05, 0.1) is 0 Å². The molecule has 1 unspecified atom stereocenters. The van der Waals surface area contributed by atoms with Crippen LogP contribution in [-0.2, 0) is 4.79 Å². The van der Waals surface area contributed by atoms with E-state index in [0.717, 1.165) is 38.8 Å². The van der Waals surface area contributed by atoms with Crippen molar-refractivity contribution in [3.05, 3.63) is 0 Å². The second-order valence-electron chi connectivity index (χ2n) is 6.29. The molecule has 6 nitrogen and oxygen atoms in total. The molecule has 2 rings (SSSR count). The van der Waals surface area contributed by atoms with Crippen LogP contribution in [0.25, 0.3) is 0 Å². The fraction of sp³-hybridized carbons (Fsp3) is 0.857. The van der Waals surface area contributed by atoms with Crippen molar-refractivity contribution in [3.8, 4) is 0 Å². The number of nitrogens with zero attached hydrogens (tertiary/aromatic N) is 3. The molecule has 6 heteroatoms. The van der Waals surface area contributed by atoms with Crippen molar-refractivity contribution in [1.29, 1.82) is 0 Å². The Morgan fingerprint density at radius 3 is 2.55 bits per heavy atom. The third kappa shape index (κ3) is 2.61. The zero-order chi connectivity index (χ0) is 14.8. The number of likely N-dealkylation sites (N-methyl/N-ethyl adjacent to an activating group) is 1. The van der Waals surface area contributed by atoms with E-state index in [1.165, 1.54) is 0 Å². The number of likely N-dealkylation sites (tertiary alicyclic amines) is 1. The van der Waals surface area contributed by atoms with E-state index < -0.39 is 5.41 Å². The van der Waals surface area contributed by atoms with Gasteiger partial charge in [-0.15, -0.1) is 0 Å². The third-order valence-corrected chi connectivity index (χ3v) is 4.88. The van der Waals surface area contributed by atoms with Crippen LogP contribution in [0.5, 0.6) is 0 Å². The van der Waals surface area contributed by atoms with Crippen molar-refractivity contribution in [2.45, 2.75) is 44.6 Å². The Kier molecular flexibility index (Phi) is 4.52. The zero-order valence-corrected chi connectivity index (χ0v) is 12.5.